The molecule has 9 heteroatoms. The highest BCUT2D eigenvalue weighted by molar-refractivity contribution is 7.92. The van der Waals surface area contributed by atoms with Crippen LogP contribution >= 0.6 is 0 Å². The molecule has 3 aliphatic rings. The average Bonchev–Trinajstić information content (AvgIpc) is 2.68. The Morgan fingerprint density at radius 1 is 1.10 bits per heavy atom. The molecule has 0 radical (unpaired) electrons. The zero-order valence-electron chi connectivity index (χ0n) is 17.0. The fraction of sp³-hybridized carbons (Fsp3) is 0.762. The van der Waals surface area contributed by atoms with Gasteiger partial charge in [0, 0.05) is 23.6 Å². The van der Waals surface area contributed by atoms with Crippen LogP contribution in [0.2, 0.25) is 0 Å². The topological polar surface area (TPSA) is 59.5 Å². The molecule has 3 heterocycles. The largest absolute Gasteiger partial charge is 0.491 e. The molecule has 0 bridgehead atoms. The number of halogens is 3. The quantitative estimate of drug-likeness (QED) is 0.689. The molecule has 168 valence electrons. The second kappa shape index (κ2) is 8.30. The Labute approximate surface area is 175 Å². The molecular formula is C21H29F3N2O3S. The van der Waals surface area contributed by atoms with Gasteiger partial charge in [-0.05, 0) is 63.7 Å². The standard InChI is InChI=1S/C21H29F3N2O3S/c22-21(23,24)17-3-1-16(2-4-17)19-6-5-18(13-25-19)29-12-11-26-9-7-20(8-10-26)14-30(27,28)15-20/h5-6,13,16-17H,1-4,7-12,14-15H2. The van der Waals surface area contributed by atoms with Gasteiger partial charge in [-0.3, -0.25) is 9.88 Å². The van der Waals surface area contributed by atoms with E-state index in [9.17, 15) is 21.6 Å². The Hall–Kier alpha value is -1.35. The van der Waals surface area contributed by atoms with Gasteiger partial charge in [0.15, 0.2) is 9.84 Å². The van der Waals surface area contributed by atoms with Gasteiger partial charge in [-0.25, -0.2) is 8.42 Å². The predicted molar refractivity (Wildman–Crippen MR) is 107 cm³/mol. The van der Waals surface area contributed by atoms with Gasteiger partial charge in [-0.15, -0.1) is 0 Å². The van der Waals surface area contributed by atoms with Crippen LogP contribution in [0.4, 0.5) is 13.2 Å². The number of aromatic nitrogens is 1. The molecule has 1 aromatic rings. The maximum absolute atomic E-state index is 12.8. The number of sulfone groups is 1. The minimum Gasteiger partial charge on any atom is -0.491 e. The summed E-state index contributed by atoms with van der Waals surface area (Å²) in [5, 5.41) is 0. The third-order valence-electron chi connectivity index (χ3n) is 7.01. The third-order valence-corrected chi connectivity index (χ3v) is 9.12. The molecule has 1 spiro atoms. The van der Waals surface area contributed by atoms with Gasteiger partial charge in [-0.2, -0.15) is 13.2 Å². The minimum absolute atomic E-state index is 0.0230. The van der Waals surface area contributed by atoms with E-state index in [4.69, 9.17) is 4.74 Å². The van der Waals surface area contributed by atoms with Crippen molar-refractivity contribution in [1.29, 1.82) is 0 Å². The molecule has 2 aliphatic heterocycles. The summed E-state index contributed by atoms with van der Waals surface area (Å²) in [7, 11) is -2.78. The predicted octanol–water partition coefficient (Wildman–Crippen LogP) is 3.81. The van der Waals surface area contributed by atoms with Crippen LogP contribution < -0.4 is 4.74 Å². The van der Waals surface area contributed by atoms with Crippen molar-refractivity contribution >= 4 is 9.84 Å². The number of nitrogens with zero attached hydrogens (tertiary/aromatic N) is 2. The summed E-state index contributed by atoms with van der Waals surface area (Å²) in [6.07, 6.45) is 0.840. The van der Waals surface area contributed by atoms with Crippen molar-refractivity contribution in [1.82, 2.24) is 9.88 Å². The Morgan fingerprint density at radius 2 is 1.77 bits per heavy atom. The van der Waals surface area contributed by atoms with Crippen LogP contribution in [0, 0.1) is 11.3 Å². The summed E-state index contributed by atoms with van der Waals surface area (Å²) in [6.45, 7) is 3.11. The van der Waals surface area contributed by atoms with E-state index in [-0.39, 0.29) is 24.2 Å². The number of ether oxygens (including phenoxy) is 1. The zero-order valence-corrected chi connectivity index (χ0v) is 17.8. The first-order valence-corrected chi connectivity index (χ1v) is 12.5. The highest BCUT2D eigenvalue weighted by Crippen LogP contribution is 2.43. The summed E-state index contributed by atoms with van der Waals surface area (Å²) >= 11 is 0. The molecule has 4 rings (SSSR count). The molecule has 0 unspecified atom stereocenters. The lowest BCUT2D eigenvalue weighted by molar-refractivity contribution is -0.182. The lowest BCUT2D eigenvalue weighted by Crippen LogP contribution is -2.54. The van der Waals surface area contributed by atoms with Crippen LogP contribution in [0.3, 0.4) is 0 Å². The van der Waals surface area contributed by atoms with Crippen molar-refractivity contribution in [3.05, 3.63) is 24.0 Å². The van der Waals surface area contributed by atoms with Gasteiger partial charge < -0.3 is 4.74 Å². The molecule has 0 atom stereocenters. The van der Waals surface area contributed by atoms with E-state index in [0.717, 1.165) is 38.2 Å². The first-order valence-electron chi connectivity index (χ1n) is 10.7. The van der Waals surface area contributed by atoms with E-state index < -0.39 is 21.9 Å². The summed E-state index contributed by atoms with van der Waals surface area (Å²) in [4.78, 5) is 6.73. The van der Waals surface area contributed by atoms with Gasteiger partial charge >= 0.3 is 6.18 Å². The van der Waals surface area contributed by atoms with Gasteiger partial charge in [0.2, 0.25) is 0 Å². The number of alkyl halides is 3. The number of pyridine rings is 1. The SMILES string of the molecule is O=S1(=O)CC2(CCN(CCOc3ccc(C4CCC(C(F)(F)F)CC4)nc3)CC2)C1. The van der Waals surface area contributed by atoms with E-state index >= 15 is 0 Å². The van der Waals surface area contributed by atoms with Crippen molar-refractivity contribution in [2.75, 3.05) is 37.7 Å². The Morgan fingerprint density at radius 3 is 2.30 bits per heavy atom. The highest BCUT2D eigenvalue weighted by Gasteiger charge is 2.49. The lowest BCUT2D eigenvalue weighted by Gasteiger charge is -2.47. The number of hydrogen-bond donors (Lipinski definition) is 0. The van der Waals surface area contributed by atoms with E-state index in [1.54, 1.807) is 6.20 Å². The smallest absolute Gasteiger partial charge is 0.391 e. The van der Waals surface area contributed by atoms with E-state index in [1.807, 2.05) is 12.1 Å². The molecule has 0 aromatic carbocycles. The maximum atomic E-state index is 12.8. The second-order valence-corrected chi connectivity index (χ2v) is 11.3. The molecule has 30 heavy (non-hydrogen) atoms. The number of hydrogen-bond acceptors (Lipinski definition) is 5. The molecule has 5 nitrogen and oxygen atoms in total. The Bertz CT molecular complexity index is 812. The Kier molecular flexibility index (Phi) is 6.05. The van der Waals surface area contributed by atoms with E-state index in [2.05, 4.69) is 9.88 Å². The molecule has 2 saturated heterocycles. The summed E-state index contributed by atoms with van der Waals surface area (Å²) in [5.74, 6) is 0.283. The van der Waals surface area contributed by atoms with Crippen molar-refractivity contribution in [3.63, 3.8) is 0 Å². The zero-order chi connectivity index (χ0) is 21.4. The molecular weight excluding hydrogens is 417 g/mol. The lowest BCUT2D eigenvalue weighted by atomic mass is 9.80. The fourth-order valence-electron chi connectivity index (χ4n) is 5.16. The summed E-state index contributed by atoms with van der Waals surface area (Å²) in [6, 6.07) is 3.72. The fourth-order valence-corrected chi connectivity index (χ4v) is 7.52. The number of piperidine rings is 1. The van der Waals surface area contributed by atoms with Crippen LogP contribution in [0.5, 0.6) is 5.75 Å². The van der Waals surface area contributed by atoms with E-state index in [1.165, 1.54) is 0 Å². The monoisotopic (exact) mass is 446 g/mol. The normalized spacial score (nSPS) is 28.8. The van der Waals surface area contributed by atoms with Crippen molar-refractivity contribution in [3.8, 4) is 5.75 Å². The Balaban J connectivity index is 1.17. The molecule has 1 aromatic heterocycles. The van der Waals surface area contributed by atoms with Gasteiger partial charge in [-0.1, -0.05) is 0 Å². The molecule has 1 saturated carbocycles. The van der Waals surface area contributed by atoms with E-state index in [0.29, 0.717) is 36.7 Å². The van der Waals surface area contributed by atoms with Crippen molar-refractivity contribution in [2.24, 2.45) is 11.3 Å². The number of likely N-dealkylation sites (tertiary alicyclic amines) is 1. The van der Waals surface area contributed by atoms with Crippen molar-refractivity contribution in [2.45, 2.75) is 50.6 Å². The van der Waals surface area contributed by atoms with Crippen LogP contribution in [0.15, 0.2) is 18.3 Å². The van der Waals surface area contributed by atoms with Crippen LogP contribution in [0.1, 0.15) is 50.1 Å². The molecule has 3 fully saturated rings. The first-order chi connectivity index (χ1) is 14.1. The maximum Gasteiger partial charge on any atom is 0.391 e. The van der Waals surface area contributed by atoms with Gasteiger partial charge in [0.05, 0.1) is 23.6 Å². The second-order valence-electron chi connectivity index (χ2n) is 9.23. The van der Waals surface area contributed by atoms with Crippen molar-refractivity contribution < 1.29 is 26.3 Å². The van der Waals surface area contributed by atoms with Gasteiger partial charge in [0.1, 0.15) is 12.4 Å². The molecule has 1 aliphatic carbocycles. The average molecular weight is 447 g/mol. The van der Waals surface area contributed by atoms with Crippen LogP contribution in [-0.4, -0.2) is 62.2 Å². The minimum atomic E-state index is -4.08. The van der Waals surface area contributed by atoms with Gasteiger partial charge in [0.25, 0.3) is 0 Å². The number of rotatable bonds is 5. The first kappa shape index (κ1) is 21.9. The molecule has 0 N–H and O–H groups in total. The molecule has 0 amide bonds. The highest BCUT2D eigenvalue weighted by atomic mass is 32.2. The van der Waals surface area contributed by atoms with Crippen LogP contribution in [-0.2, 0) is 9.84 Å². The van der Waals surface area contributed by atoms with Crippen LogP contribution in [0.25, 0.3) is 0 Å². The summed E-state index contributed by atoms with van der Waals surface area (Å²) in [5.41, 5.74) is 0.870. The summed E-state index contributed by atoms with van der Waals surface area (Å²) < 4.78 is 67.1. The third kappa shape index (κ3) is 5.10.